The quantitative estimate of drug-likeness (QED) is 0.177. The Bertz CT molecular complexity index is 3470. The van der Waals surface area contributed by atoms with Gasteiger partial charge in [-0.3, -0.25) is 9.13 Å². The molecule has 8 aromatic carbocycles. The average Bonchev–Trinajstić information content (AvgIpc) is 4.01. The molecule has 0 unspecified atom stereocenters. The Kier molecular flexibility index (Phi) is 6.38. The number of rotatable bonds is 4. The van der Waals surface area contributed by atoms with Crippen molar-refractivity contribution in [2.45, 2.75) is 0 Å². The van der Waals surface area contributed by atoms with Crippen LogP contribution >= 0.6 is 0 Å². The molecule has 5 aromatic heterocycles. The molecule has 0 radical (unpaired) electrons. The Balaban J connectivity index is 1.32. The normalized spacial score (nSPS) is 12.1. The smallest absolute Gasteiger partial charge is 0.166 e. The van der Waals surface area contributed by atoms with E-state index in [-0.39, 0.29) is 0 Å². The van der Waals surface area contributed by atoms with Gasteiger partial charge in [0.15, 0.2) is 5.82 Å². The molecular weight excluding hydrogens is 707 g/mol. The van der Waals surface area contributed by atoms with Crippen molar-refractivity contribution < 1.29 is 0 Å². The number of hydrogen-bond donors (Lipinski definition) is 0. The van der Waals surface area contributed by atoms with E-state index in [0.29, 0.717) is 0 Å². The maximum Gasteiger partial charge on any atom is 0.166 e. The third kappa shape index (κ3) is 4.17. The summed E-state index contributed by atoms with van der Waals surface area (Å²) in [4.78, 5) is 5.95. The number of aromatic nitrogens is 5. The average molecular weight is 740 g/mol. The fraction of sp³-hybridized carbons (Fsp3) is 0. The van der Waals surface area contributed by atoms with Crippen LogP contribution in [0, 0.1) is 0 Å². The largest absolute Gasteiger partial charge is 0.307 e. The summed E-state index contributed by atoms with van der Waals surface area (Å²) in [5, 5.41) is 9.59. The van der Waals surface area contributed by atoms with Crippen LogP contribution in [0.15, 0.2) is 200 Å². The summed E-state index contributed by atoms with van der Waals surface area (Å²) in [7, 11) is 0. The standard InChI is InChI=1S/C53H33N5/c1-9-25-42-34(17-1)35-18-2-10-26-43(35)55(42)50-33-51(56-44-27-11-3-19-36(44)37-20-4-12-28-45(37)56)54-53(58-48-31-15-7-23-40(48)41-24-8-16-32-49(41)58)52(50)57-46-29-13-5-21-38(46)39-22-6-14-30-47(39)57/h1-33H. The number of para-hydroxylation sites is 8. The molecule has 0 aliphatic carbocycles. The van der Waals surface area contributed by atoms with Gasteiger partial charge in [-0.25, -0.2) is 4.98 Å². The van der Waals surface area contributed by atoms with Crippen LogP contribution in [0.2, 0.25) is 0 Å². The van der Waals surface area contributed by atoms with Gasteiger partial charge in [-0.2, -0.15) is 0 Å². The van der Waals surface area contributed by atoms with E-state index in [9.17, 15) is 0 Å². The van der Waals surface area contributed by atoms with Crippen LogP contribution in [0.5, 0.6) is 0 Å². The van der Waals surface area contributed by atoms with Gasteiger partial charge in [0.25, 0.3) is 0 Å². The van der Waals surface area contributed by atoms with Crippen molar-refractivity contribution in [3.8, 4) is 23.0 Å². The van der Waals surface area contributed by atoms with Crippen molar-refractivity contribution in [3.05, 3.63) is 200 Å². The summed E-state index contributed by atoms with van der Waals surface area (Å²) in [5.74, 6) is 1.69. The molecule has 0 fully saturated rings. The molecule has 0 aliphatic heterocycles. The van der Waals surface area contributed by atoms with E-state index < -0.39 is 0 Å². The second kappa shape index (κ2) is 11.8. The summed E-state index contributed by atoms with van der Waals surface area (Å²) in [6.07, 6.45) is 0. The van der Waals surface area contributed by atoms with Gasteiger partial charge in [0, 0.05) is 49.2 Å². The van der Waals surface area contributed by atoms with Crippen LogP contribution in [0.3, 0.4) is 0 Å². The SMILES string of the molecule is c1ccc2c(c1)c1ccccc1n2-c1cc(-n2c3ccccc3c3ccccc32)c(-n2c3ccccc3c3ccccc32)c(-n2c3ccccc3c3ccccc32)n1. The lowest BCUT2D eigenvalue weighted by Crippen LogP contribution is -2.13. The van der Waals surface area contributed by atoms with E-state index in [0.717, 1.165) is 67.1 Å². The second-order valence-corrected chi connectivity index (χ2v) is 15.2. The van der Waals surface area contributed by atoms with Crippen molar-refractivity contribution in [1.82, 2.24) is 23.3 Å². The van der Waals surface area contributed by atoms with E-state index in [1.54, 1.807) is 0 Å². The second-order valence-electron chi connectivity index (χ2n) is 15.2. The zero-order valence-electron chi connectivity index (χ0n) is 31.3. The monoisotopic (exact) mass is 739 g/mol. The number of hydrogen-bond acceptors (Lipinski definition) is 1. The Labute approximate surface area is 332 Å². The molecule has 0 saturated heterocycles. The lowest BCUT2D eigenvalue weighted by Gasteiger charge is -2.23. The molecule has 0 bridgehead atoms. The number of fused-ring (bicyclic) bond motifs is 12. The van der Waals surface area contributed by atoms with E-state index in [1.807, 2.05) is 0 Å². The molecular formula is C53H33N5. The number of nitrogens with zero attached hydrogens (tertiary/aromatic N) is 5. The highest BCUT2D eigenvalue weighted by molar-refractivity contribution is 6.14. The predicted octanol–water partition coefficient (Wildman–Crippen LogP) is 13.5. The fourth-order valence-electron chi connectivity index (χ4n) is 9.82. The summed E-state index contributed by atoms with van der Waals surface area (Å²) in [5.41, 5.74) is 11.0. The van der Waals surface area contributed by atoms with E-state index in [4.69, 9.17) is 4.98 Å². The molecule has 0 aliphatic rings. The van der Waals surface area contributed by atoms with Crippen molar-refractivity contribution in [3.63, 3.8) is 0 Å². The van der Waals surface area contributed by atoms with Gasteiger partial charge in [-0.15, -0.1) is 0 Å². The molecule has 0 N–H and O–H groups in total. The number of pyridine rings is 1. The highest BCUT2D eigenvalue weighted by Crippen LogP contribution is 2.44. The third-order valence-electron chi connectivity index (χ3n) is 12.2. The Morgan fingerprint density at radius 1 is 0.259 bits per heavy atom. The van der Waals surface area contributed by atoms with Crippen molar-refractivity contribution in [1.29, 1.82) is 0 Å². The minimum Gasteiger partial charge on any atom is -0.307 e. The molecule has 13 aromatic rings. The van der Waals surface area contributed by atoms with Gasteiger partial charge in [0.1, 0.15) is 11.5 Å². The van der Waals surface area contributed by atoms with Crippen molar-refractivity contribution in [2.24, 2.45) is 0 Å². The number of benzene rings is 8. The molecule has 0 amide bonds. The summed E-state index contributed by atoms with van der Waals surface area (Å²) in [6.45, 7) is 0. The molecule has 58 heavy (non-hydrogen) atoms. The van der Waals surface area contributed by atoms with Crippen molar-refractivity contribution in [2.75, 3.05) is 0 Å². The van der Waals surface area contributed by atoms with E-state index >= 15 is 0 Å². The summed E-state index contributed by atoms with van der Waals surface area (Å²) < 4.78 is 9.69. The first kappa shape index (κ1) is 31.3. The molecule has 0 atom stereocenters. The predicted molar refractivity (Wildman–Crippen MR) is 242 cm³/mol. The molecule has 5 heteroatoms. The van der Waals surface area contributed by atoms with E-state index in [1.165, 1.54) is 43.1 Å². The fourth-order valence-corrected chi connectivity index (χ4v) is 9.82. The maximum atomic E-state index is 5.95. The molecule has 13 rings (SSSR count). The first-order chi connectivity index (χ1) is 28.8. The van der Waals surface area contributed by atoms with Gasteiger partial charge < -0.3 is 9.13 Å². The van der Waals surface area contributed by atoms with Crippen LogP contribution in [-0.4, -0.2) is 23.3 Å². The topological polar surface area (TPSA) is 32.6 Å². The van der Waals surface area contributed by atoms with Crippen molar-refractivity contribution >= 4 is 87.2 Å². The lowest BCUT2D eigenvalue weighted by molar-refractivity contribution is 0.962. The highest BCUT2D eigenvalue weighted by Gasteiger charge is 2.28. The van der Waals surface area contributed by atoms with E-state index in [2.05, 4.69) is 218 Å². The van der Waals surface area contributed by atoms with Gasteiger partial charge in [-0.05, 0) is 48.5 Å². The molecule has 5 nitrogen and oxygen atoms in total. The third-order valence-corrected chi connectivity index (χ3v) is 12.2. The zero-order valence-corrected chi connectivity index (χ0v) is 31.3. The molecule has 5 heterocycles. The van der Waals surface area contributed by atoms with Crippen LogP contribution < -0.4 is 0 Å². The van der Waals surface area contributed by atoms with Crippen LogP contribution in [0.25, 0.3) is 110 Å². The molecule has 0 spiro atoms. The Morgan fingerprint density at radius 2 is 0.517 bits per heavy atom. The zero-order chi connectivity index (χ0) is 37.9. The molecule has 0 saturated carbocycles. The van der Waals surface area contributed by atoms with Crippen LogP contribution in [0.1, 0.15) is 0 Å². The highest BCUT2D eigenvalue weighted by atomic mass is 15.2. The molecule has 270 valence electrons. The Hall–Kier alpha value is -7.89. The first-order valence-electron chi connectivity index (χ1n) is 19.8. The summed E-state index contributed by atoms with van der Waals surface area (Å²) >= 11 is 0. The van der Waals surface area contributed by atoms with Gasteiger partial charge in [0.05, 0.1) is 49.8 Å². The Morgan fingerprint density at radius 3 is 0.845 bits per heavy atom. The van der Waals surface area contributed by atoms with Crippen LogP contribution in [-0.2, 0) is 0 Å². The van der Waals surface area contributed by atoms with Gasteiger partial charge >= 0.3 is 0 Å². The van der Waals surface area contributed by atoms with Gasteiger partial charge in [0.2, 0.25) is 0 Å². The lowest BCUT2D eigenvalue weighted by atomic mass is 10.2. The minimum atomic E-state index is 0.843. The maximum absolute atomic E-state index is 5.95. The van der Waals surface area contributed by atoms with Crippen LogP contribution in [0.4, 0.5) is 0 Å². The van der Waals surface area contributed by atoms with Gasteiger partial charge in [-0.1, -0.05) is 146 Å². The summed E-state index contributed by atoms with van der Waals surface area (Å²) in [6, 6.07) is 72.4. The minimum absolute atomic E-state index is 0.843. The first-order valence-corrected chi connectivity index (χ1v) is 19.8.